The molecule has 0 aliphatic carbocycles. The Kier molecular flexibility index (Phi) is 19.4. The van der Waals surface area contributed by atoms with Crippen LogP contribution in [-0.2, 0) is 33.0 Å². The largest absolute Gasteiger partial charge is 0.466 e. The number of carbonyl (C=O) groups is 3. The van der Waals surface area contributed by atoms with Crippen molar-refractivity contribution in [2.45, 2.75) is 76.2 Å². The summed E-state index contributed by atoms with van der Waals surface area (Å²) in [5, 5.41) is 17.9. The van der Waals surface area contributed by atoms with Crippen LogP contribution in [0.2, 0.25) is 0 Å². The number of nitrogens with one attached hydrogen (secondary N) is 1. The molecule has 0 spiro atoms. The Labute approximate surface area is 232 Å². The zero-order valence-corrected chi connectivity index (χ0v) is 24.8. The lowest BCUT2D eigenvalue weighted by Gasteiger charge is -2.29. The van der Waals surface area contributed by atoms with Gasteiger partial charge >= 0.3 is 27.1 Å². The van der Waals surface area contributed by atoms with E-state index in [1.165, 1.54) is 11.8 Å². The van der Waals surface area contributed by atoms with E-state index in [9.17, 15) is 28.6 Å². The quantitative estimate of drug-likeness (QED) is 0.0485. The van der Waals surface area contributed by atoms with Crippen molar-refractivity contribution in [1.29, 1.82) is 0 Å². The van der Waals surface area contributed by atoms with E-state index in [2.05, 4.69) is 5.32 Å². The minimum absolute atomic E-state index is 0.0366. The van der Waals surface area contributed by atoms with E-state index in [1.807, 2.05) is 0 Å². The highest BCUT2D eigenvalue weighted by atomic mass is 32.2. The summed E-state index contributed by atoms with van der Waals surface area (Å²) in [5.41, 5.74) is 0. The van der Waals surface area contributed by atoms with Crippen LogP contribution < -0.4 is 5.32 Å². The van der Waals surface area contributed by atoms with Crippen LogP contribution in [0.25, 0.3) is 0 Å². The van der Waals surface area contributed by atoms with Crippen molar-refractivity contribution < 1.29 is 62.8 Å². The number of aliphatic hydroxyl groups excluding tert-OH is 1. The molecule has 0 heterocycles. The van der Waals surface area contributed by atoms with Crippen LogP contribution >= 0.6 is 27.0 Å². The molecule has 7 N–H and O–H groups in total. The first kappa shape index (κ1) is 38.0. The topological polar surface area (TPSA) is 237 Å². The first-order valence-corrected chi connectivity index (χ1v) is 17.2. The smallest absolute Gasteiger partial charge is 0.369 e. The molecule has 1 amide bonds. The maximum absolute atomic E-state index is 12.4. The van der Waals surface area contributed by atoms with Crippen LogP contribution in [0.3, 0.4) is 0 Å². The van der Waals surface area contributed by atoms with Gasteiger partial charge in [0.25, 0.3) is 5.08 Å². The number of hydrogen-bond donors (Lipinski definition) is 7. The van der Waals surface area contributed by atoms with Gasteiger partial charge in [0.1, 0.15) is 0 Å². The molecule has 0 aliphatic rings. The Balaban J connectivity index is 4.19. The van der Waals surface area contributed by atoms with Crippen molar-refractivity contribution in [3.05, 3.63) is 0 Å². The standard InChI is InChI=1S/C22H43NO13P2S/c1-2-35-20(26)10-3-4-15-36-21(27)18(8-5-14-24)9-6-16-39-17-11-19(25)23-13-7-12-22(28,37(29,30)31)38(32,33)34/h18,24,28H,2-17H2,1H3,(H,23,25)(H2,29,30,31)(H2,32,33,34). The number of amides is 1. The average Bonchev–Trinajstić information content (AvgIpc) is 2.83. The maximum Gasteiger partial charge on any atom is 0.369 e. The van der Waals surface area contributed by atoms with E-state index in [4.69, 9.17) is 34.2 Å². The first-order chi connectivity index (χ1) is 18.2. The number of rotatable bonds is 23. The second-order valence-electron chi connectivity index (χ2n) is 8.81. The summed E-state index contributed by atoms with van der Waals surface area (Å²) in [6.45, 7) is 2.09. The molecule has 17 heteroatoms. The molecule has 0 radical (unpaired) electrons. The molecule has 230 valence electrons. The van der Waals surface area contributed by atoms with Gasteiger partial charge in [-0.25, -0.2) is 0 Å². The highest BCUT2D eigenvalue weighted by Crippen LogP contribution is 2.69. The fraction of sp³-hybridized carbons (Fsp3) is 0.864. The summed E-state index contributed by atoms with van der Waals surface area (Å²) in [7, 11) is -11.0. The van der Waals surface area contributed by atoms with Gasteiger partial charge in [-0.15, -0.1) is 0 Å². The van der Waals surface area contributed by atoms with Crippen molar-refractivity contribution in [2.75, 3.05) is 37.9 Å². The molecular formula is C22H43NO13P2S. The van der Waals surface area contributed by atoms with Crippen molar-refractivity contribution in [3.63, 3.8) is 0 Å². The zero-order valence-electron chi connectivity index (χ0n) is 22.2. The lowest BCUT2D eigenvalue weighted by Crippen LogP contribution is -2.31. The molecule has 14 nitrogen and oxygen atoms in total. The fourth-order valence-corrected chi connectivity index (χ4v) is 6.58. The second-order valence-corrected chi connectivity index (χ2v) is 14.0. The van der Waals surface area contributed by atoms with Crippen LogP contribution in [0.5, 0.6) is 0 Å². The van der Waals surface area contributed by atoms with Crippen LogP contribution in [0, 0.1) is 5.92 Å². The van der Waals surface area contributed by atoms with E-state index < -0.39 is 26.7 Å². The number of ether oxygens (including phenoxy) is 2. The monoisotopic (exact) mass is 623 g/mol. The third-order valence-corrected chi connectivity index (χ3v) is 10.6. The summed E-state index contributed by atoms with van der Waals surface area (Å²) < 4.78 is 32.8. The van der Waals surface area contributed by atoms with Gasteiger partial charge in [-0.1, -0.05) is 0 Å². The van der Waals surface area contributed by atoms with Crippen molar-refractivity contribution >= 4 is 44.8 Å². The van der Waals surface area contributed by atoms with Gasteiger partial charge in [0.2, 0.25) is 5.91 Å². The predicted molar refractivity (Wildman–Crippen MR) is 144 cm³/mol. The summed E-state index contributed by atoms with van der Waals surface area (Å²) in [5.74, 6) is -0.209. The lowest BCUT2D eigenvalue weighted by molar-refractivity contribution is -0.149. The normalized spacial score (nSPS) is 13.1. The molecule has 1 unspecified atom stereocenters. The van der Waals surface area contributed by atoms with Gasteiger partial charge in [0.05, 0.1) is 19.1 Å². The first-order valence-electron chi connectivity index (χ1n) is 12.8. The summed E-state index contributed by atoms with van der Waals surface area (Å²) in [6, 6.07) is 0. The molecule has 0 aromatic carbocycles. The maximum atomic E-state index is 12.4. The minimum atomic E-state index is -5.52. The number of carbonyl (C=O) groups excluding carboxylic acids is 3. The highest BCUT2D eigenvalue weighted by molar-refractivity contribution is 7.99. The van der Waals surface area contributed by atoms with Crippen LogP contribution in [-0.4, -0.2) is 90.6 Å². The third kappa shape index (κ3) is 16.1. The average molecular weight is 624 g/mol. The Hall–Kier alpha value is -1.02. The van der Waals surface area contributed by atoms with Crippen LogP contribution in [0.15, 0.2) is 0 Å². The Morgan fingerprint density at radius 2 is 1.54 bits per heavy atom. The highest BCUT2D eigenvalue weighted by Gasteiger charge is 2.58. The number of unbranched alkanes of at least 4 members (excludes halogenated alkanes) is 1. The number of aliphatic hydroxyl groups is 2. The molecular weight excluding hydrogens is 580 g/mol. The molecule has 0 saturated carbocycles. The SMILES string of the molecule is CCOC(=O)CCCCOC(=O)C(CCCO)CCCSCCC(=O)NCCCC(O)(P(=O)(O)O)P(=O)(O)O. The van der Waals surface area contributed by atoms with Crippen molar-refractivity contribution in [1.82, 2.24) is 5.32 Å². The Bertz CT molecular complexity index is 811. The molecule has 0 rings (SSSR count). The van der Waals surface area contributed by atoms with Crippen molar-refractivity contribution in [3.8, 4) is 0 Å². The molecule has 1 atom stereocenters. The Morgan fingerprint density at radius 3 is 2.13 bits per heavy atom. The molecule has 0 fully saturated rings. The van der Waals surface area contributed by atoms with Crippen LogP contribution in [0.4, 0.5) is 0 Å². The summed E-state index contributed by atoms with van der Waals surface area (Å²) >= 11 is 1.49. The molecule has 39 heavy (non-hydrogen) atoms. The number of hydrogen-bond acceptors (Lipinski definition) is 10. The van der Waals surface area contributed by atoms with E-state index >= 15 is 0 Å². The van der Waals surface area contributed by atoms with E-state index in [0.717, 1.165) is 0 Å². The molecule has 0 aromatic heterocycles. The lowest BCUT2D eigenvalue weighted by atomic mass is 9.98. The molecule has 0 bridgehead atoms. The predicted octanol–water partition coefficient (Wildman–Crippen LogP) is 1.45. The van der Waals surface area contributed by atoms with Crippen molar-refractivity contribution in [2.24, 2.45) is 5.92 Å². The Morgan fingerprint density at radius 1 is 0.897 bits per heavy atom. The second kappa shape index (κ2) is 20.0. The van der Waals surface area contributed by atoms with Gasteiger partial charge in [0.15, 0.2) is 0 Å². The van der Waals surface area contributed by atoms with E-state index in [1.54, 1.807) is 6.92 Å². The summed E-state index contributed by atoms with van der Waals surface area (Å²) in [4.78, 5) is 72.0. The zero-order chi connectivity index (χ0) is 30.0. The number of thioether (sulfide) groups is 1. The van der Waals surface area contributed by atoms with E-state index in [0.29, 0.717) is 56.6 Å². The minimum Gasteiger partial charge on any atom is -0.466 e. The van der Waals surface area contributed by atoms with Gasteiger partial charge in [0, 0.05) is 38.2 Å². The number of esters is 2. The fourth-order valence-electron chi connectivity index (χ4n) is 3.41. The van der Waals surface area contributed by atoms with Gasteiger partial charge < -0.3 is 44.6 Å². The van der Waals surface area contributed by atoms with Crippen LogP contribution in [0.1, 0.15) is 71.1 Å². The van der Waals surface area contributed by atoms with E-state index in [-0.39, 0.29) is 62.8 Å². The molecule has 0 aliphatic heterocycles. The van der Waals surface area contributed by atoms with Gasteiger partial charge in [-0.2, -0.15) is 11.8 Å². The van der Waals surface area contributed by atoms with Gasteiger partial charge in [-0.05, 0) is 57.6 Å². The third-order valence-electron chi connectivity index (χ3n) is 5.63. The van der Waals surface area contributed by atoms with Gasteiger partial charge in [-0.3, -0.25) is 23.5 Å². The molecule has 0 aromatic rings. The summed E-state index contributed by atoms with van der Waals surface area (Å²) in [6.07, 6.45) is 2.54. The molecule has 0 saturated heterocycles.